The maximum absolute atomic E-state index is 5.57. The number of unbranched alkanes of at least 4 members (excludes halogenated alkanes) is 1. The molecule has 0 radical (unpaired) electrons. The minimum atomic E-state index is 0.624. The average molecular weight is 313 g/mol. The van der Waals surface area contributed by atoms with Crippen LogP contribution in [-0.2, 0) is 4.74 Å². The SMILES string of the molecule is CCCCOCCCNC(=NC)NCC(CC)N1CCCC1. The highest BCUT2D eigenvalue weighted by molar-refractivity contribution is 5.79. The van der Waals surface area contributed by atoms with Crippen molar-refractivity contribution < 1.29 is 4.74 Å². The van der Waals surface area contributed by atoms with Gasteiger partial charge in [0, 0.05) is 39.4 Å². The normalized spacial score (nSPS) is 17.7. The zero-order valence-electron chi connectivity index (χ0n) is 14.9. The van der Waals surface area contributed by atoms with E-state index >= 15 is 0 Å². The highest BCUT2D eigenvalue weighted by Gasteiger charge is 2.20. The van der Waals surface area contributed by atoms with Crippen LogP contribution in [0.25, 0.3) is 0 Å². The van der Waals surface area contributed by atoms with Crippen LogP contribution in [-0.4, -0.2) is 63.3 Å². The van der Waals surface area contributed by atoms with Crippen LogP contribution in [0.1, 0.15) is 52.4 Å². The van der Waals surface area contributed by atoms with Crippen LogP contribution in [0.15, 0.2) is 4.99 Å². The molecule has 1 saturated heterocycles. The standard InChI is InChI=1S/C17H36N4O/c1-4-6-13-22-14-9-10-19-17(18-3)20-15-16(5-2)21-11-7-8-12-21/h16H,4-15H2,1-3H3,(H2,18,19,20). The zero-order valence-corrected chi connectivity index (χ0v) is 14.9. The summed E-state index contributed by atoms with van der Waals surface area (Å²) in [5.74, 6) is 0.909. The Morgan fingerprint density at radius 1 is 1.14 bits per heavy atom. The Hall–Kier alpha value is -0.810. The second-order valence-electron chi connectivity index (χ2n) is 6.00. The summed E-state index contributed by atoms with van der Waals surface area (Å²) in [6.07, 6.45) is 7.27. The third-order valence-electron chi connectivity index (χ3n) is 4.26. The van der Waals surface area contributed by atoms with Crippen LogP contribution in [0.2, 0.25) is 0 Å². The van der Waals surface area contributed by atoms with E-state index in [1.807, 2.05) is 7.05 Å². The van der Waals surface area contributed by atoms with Crippen molar-refractivity contribution in [1.82, 2.24) is 15.5 Å². The van der Waals surface area contributed by atoms with Gasteiger partial charge in [0.25, 0.3) is 0 Å². The second-order valence-corrected chi connectivity index (χ2v) is 6.00. The molecule has 130 valence electrons. The van der Waals surface area contributed by atoms with E-state index in [9.17, 15) is 0 Å². The van der Waals surface area contributed by atoms with Crippen molar-refractivity contribution in [3.63, 3.8) is 0 Å². The van der Waals surface area contributed by atoms with Gasteiger partial charge in [0.2, 0.25) is 0 Å². The third kappa shape index (κ3) is 7.99. The molecular formula is C17H36N4O. The molecule has 1 unspecified atom stereocenters. The van der Waals surface area contributed by atoms with Crippen molar-refractivity contribution in [1.29, 1.82) is 0 Å². The Morgan fingerprint density at radius 2 is 1.86 bits per heavy atom. The second kappa shape index (κ2) is 12.7. The first kappa shape index (κ1) is 19.2. The summed E-state index contributed by atoms with van der Waals surface area (Å²) in [7, 11) is 1.84. The summed E-state index contributed by atoms with van der Waals surface area (Å²) >= 11 is 0. The Balaban J connectivity index is 2.10. The molecule has 1 aliphatic heterocycles. The van der Waals surface area contributed by atoms with Crippen molar-refractivity contribution in [2.45, 2.75) is 58.4 Å². The van der Waals surface area contributed by atoms with E-state index in [-0.39, 0.29) is 0 Å². The monoisotopic (exact) mass is 312 g/mol. The van der Waals surface area contributed by atoms with Gasteiger partial charge in [-0.1, -0.05) is 20.3 Å². The van der Waals surface area contributed by atoms with Gasteiger partial charge in [-0.25, -0.2) is 0 Å². The molecule has 1 fully saturated rings. The first-order chi connectivity index (χ1) is 10.8. The van der Waals surface area contributed by atoms with E-state index in [2.05, 4.69) is 34.4 Å². The van der Waals surface area contributed by atoms with E-state index < -0.39 is 0 Å². The Labute approximate surface area is 136 Å². The largest absolute Gasteiger partial charge is 0.381 e. The summed E-state index contributed by atoms with van der Waals surface area (Å²) in [5, 5.41) is 6.84. The molecule has 0 bridgehead atoms. The van der Waals surface area contributed by atoms with Crippen molar-refractivity contribution in [2.75, 3.05) is 46.4 Å². The lowest BCUT2D eigenvalue weighted by Gasteiger charge is -2.27. The summed E-state index contributed by atoms with van der Waals surface area (Å²) in [4.78, 5) is 6.90. The minimum absolute atomic E-state index is 0.624. The lowest BCUT2D eigenvalue weighted by Crippen LogP contribution is -2.46. The smallest absolute Gasteiger partial charge is 0.191 e. The molecule has 5 nitrogen and oxygen atoms in total. The molecular weight excluding hydrogens is 276 g/mol. The maximum Gasteiger partial charge on any atom is 0.191 e. The first-order valence-corrected chi connectivity index (χ1v) is 9.08. The van der Waals surface area contributed by atoms with Crippen molar-refractivity contribution in [3.05, 3.63) is 0 Å². The predicted molar refractivity (Wildman–Crippen MR) is 94.6 cm³/mol. The predicted octanol–water partition coefficient (Wildman–Crippen LogP) is 2.23. The molecule has 1 heterocycles. The van der Waals surface area contributed by atoms with Crippen molar-refractivity contribution in [3.8, 4) is 0 Å². The van der Waals surface area contributed by atoms with Gasteiger partial charge < -0.3 is 15.4 Å². The molecule has 0 aromatic heterocycles. The number of aliphatic imine (C=N–C) groups is 1. The lowest BCUT2D eigenvalue weighted by atomic mass is 10.2. The summed E-state index contributed by atoms with van der Waals surface area (Å²) in [5.41, 5.74) is 0. The molecule has 5 heteroatoms. The van der Waals surface area contributed by atoms with E-state index in [0.717, 1.165) is 45.1 Å². The zero-order chi connectivity index (χ0) is 16.0. The average Bonchev–Trinajstić information content (AvgIpc) is 3.07. The number of hydrogen-bond donors (Lipinski definition) is 2. The molecule has 1 rings (SSSR count). The minimum Gasteiger partial charge on any atom is -0.381 e. The number of nitrogens with one attached hydrogen (secondary N) is 2. The van der Waals surface area contributed by atoms with Gasteiger partial charge in [0.05, 0.1) is 0 Å². The first-order valence-electron chi connectivity index (χ1n) is 9.08. The van der Waals surface area contributed by atoms with Gasteiger partial charge in [-0.3, -0.25) is 9.89 Å². The Morgan fingerprint density at radius 3 is 2.50 bits per heavy atom. The van der Waals surface area contributed by atoms with Crippen LogP contribution < -0.4 is 10.6 Å². The fraction of sp³-hybridized carbons (Fsp3) is 0.941. The number of hydrogen-bond acceptors (Lipinski definition) is 3. The van der Waals surface area contributed by atoms with Crippen molar-refractivity contribution >= 4 is 5.96 Å². The number of guanidine groups is 1. The molecule has 2 N–H and O–H groups in total. The Bertz CT molecular complexity index is 290. The van der Waals surface area contributed by atoms with Gasteiger partial charge in [0.1, 0.15) is 0 Å². The van der Waals surface area contributed by atoms with Crippen molar-refractivity contribution in [2.24, 2.45) is 4.99 Å². The molecule has 22 heavy (non-hydrogen) atoms. The Kier molecular flexibility index (Phi) is 11.1. The highest BCUT2D eigenvalue weighted by Crippen LogP contribution is 2.13. The molecule has 1 aliphatic rings. The lowest BCUT2D eigenvalue weighted by molar-refractivity contribution is 0.129. The van der Waals surface area contributed by atoms with Gasteiger partial charge >= 0.3 is 0 Å². The van der Waals surface area contributed by atoms with Crippen LogP contribution in [0, 0.1) is 0 Å². The molecule has 1 atom stereocenters. The van der Waals surface area contributed by atoms with Gasteiger partial charge in [-0.05, 0) is 45.2 Å². The van der Waals surface area contributed by atoms with Crippen LogP contribution in [0.5, 0.6) is 0 Å². The topological polar surface area (TPSA) is 48.9 Å². The quantitative estimate of drug-likeness (QED) is 0.349. The number of ether oxygens (including phenoxy) is 1. The van der Waals surface area contributed by atoms with Crippen LogP contribution >= 0.6 is 0 Å². The molecule has 0 aromatic rings. The third-order valence-corrected chi connectivity index (χ3v) is 4.26. The summed E-state index contributed by atoms with van der Waals surface area (Å²) in [6.45, 7) is 10.6. The highest BCUT2D eigenvalue weighted by atomic mass is 16.5. The molecule has 0 aromatic carbocycles. The van der Waals surface area contributed by atoms with E-state index in [1.54, 1.807) is 0 Å². The number of rotatable bonds is 11. The molecule has 0 spiro atoms. The van der Waals surface area contributed by atoms with Crippen LogP contribution in [0.3, 0.4) is 0 Å². The van der Waals surface area contributed by atoms with E-state index in [1.165, 1.54) is 38.8 Å². The van der Waals surface area contributed by atoms with Gasteiger partial charge in [-0.2, -0.15) is 0 Å². The summed E-state index contributed by atoms with van der Waals surface area (Å²) in [6, 6.07) is 0.624. The fourth-order valence-electron chi connectivity index (χ4n) is 2.80. The molecule has 0 aliphatic carbocycles. The van der Waals surface area contributed by atoms with Gasteiger partial charge in [-0.15, -0.1) is 0 Å². The van der Waals surface area contributed by atoms with E-state index in [0.29, 0.717) is 6.04 Å². The summed E-state index contributed by atoms with van der Waals surface area (Å²) < 4.78 is 5.57. The maximum atomic E-state index is 5.57. The number of likely N-dealkylation sites (tertiary alicyclic amines) is 1. The molecule has 0 saturated carbocycles. The number of nitrogens with zero attached hydrogens (tertiary/aromatic N) is 2. The van der Waals surface area contributed by atoms with Crippen LogP contribution in [0.4, 0.5) is 0 Å². The molecule has 0 amide bonds. The van der Waals surface area contributed by atoms with Gasteiger partial charge in [0.15, 0.2) is 5.96 Å². The van der Waals surface area contributed by atoms with E-state index in [4.69, 9.17) is 4.74 Å². The fourth-order valence-corrected chi connectivity index (χ4v) is 2.80.